The molecule has 25 heavy (non-hydrogen) atoms. The van der Waals surface area contributed by atoms with E-state index in [1.807, 2.05) is 5.38 Å². The molecule has 2 aliphatic heterocycles. The average molecular weight is 360 g/mol. The molecule has 5 heterocycles. The molecule has 1 spiro atoms. The van der Waals surface area contributed by atoms with Gasteiger partial charge in [0.25, 0.3) is 5.56 Å². The summed E-state index contributed by atoms with van der Waals surface area (Å²) in [5.41, 5.74) is 0.150. The fourth-order valence-corrected chi connectivity index (χ4v) is 4.42. The highest BCUT2D eigenvalue weighted by Crippen LogP contribution is 2.31. The third kappa shape index (κ3) is 2.44. The van der Waals surface area contributed by atoms with Gasteiger partial charge in [0.05, 0.1) is 12.2 Å². The van der Waals surface area contributed by atoms with Crippen LogP contribution in [-0.2, 0) is 24.4 Å². The Labute approximate surface area is 145 Å². The summed E-state index contributed by atoms with van der Waals surface area (Å²) in [5.74, 6) is 0.645. The maximum absolute atomic E-state index is 12.1. The number of nitrogens with zero attached hydrogens (tertiary/aromatic N) is 5. The first-order valence-corrected chi connectivity index (χ1v) is 8.96. The van der Waals surface area contributed by atoms with Crippen molar-refractivity contribution in [2.45, 2.75) is 31.7 Å². The molecule has 1 N–H and O–H groups in total. The molecule has 2 aliphatic rings. The number of H-pyrrole nitrogens is 1. The Hall–Kier alpha value is -2.30. The average Bonchev–Trinajstić information content (AvgIpc) is 3.29. The van der Waals surface area contributed by atoms with Crippen LogP contribution in [0.4, 0.5) is 0 Å². The van der Waals surface area contributed by atoms with Gasteiger partial charge in [-0.25, -0.2) is 14.9 Å². The zero-order valence-corrected chi connectivity index (χ0v) is 14.2. The van der Waals surface area contributed by atoms with Gasteiger partial charge in [0.2, 0.25) is 0 Å². The second kappa shape index (κ2) is 5.35. The molecular weight excluding hydrogens is 344 g/mol. The van der Waals surface area contributed by atoms with E-state index in [0.717, 1.165) is 18.7 Å². The lowest BCUT2D eigenvalue weighted by atomic mass is 10.0. The Kier molecular flexibility index (Phi) is 3.21. The lowest BCUT2D eigenvalue weighted by Gasteiger charge is -2.33. The number of thiazole rings is 1. The van der Waals surface area contributed by atoms with E-state index < -0.39 is 0 Å². The van der Waals surface area contributed by atoms with E-state index >= 15 is 0 Å². The van der Waals surface area contributed by atoms with Crippen molar-refractivity contribution in [3.8, 4) is 0 Å². The summed E-state index contributed by atoms with van der Waals surface area (Å²) in [6.45, 7) is 2.99. The molecular formula is C15H16N6O3S. The predicted octanol–water partition coefficient (Wildman–Crippen LogP) is -0.184. The molecule has 1 unspecified atom stereocenters. The zero-order chi connectivity index (χ0) is 17.0. The molecule has 9 nitrogen and oxygen atoms in total. The third-order valence-electron chi connectivity index (χ3n) is 4.93. The third-order valence-corrected chi connectivity index (χ3v) is 5.68. The normalized spacial score (nSPS) is 23.5. The van der Waals surface area contributed by atoms with E-state index in [1.165, 1.54) is 11.3 Å². The monoisotopic (exact) mass is 360 g/mol. The van der Waals surface area contributed by atoms with Gasteiger partial charge in [-0.3, -0.25) is 18.7 Å². The van der Waals surface area contributed by atoms with Crippen LogP contribution >= 0.6 is 11.3 Å². The van der Waals surface area contributed by atoms with Gasteiger partial charge in [-0.15, -0.1) is 11.3 Å². The molecule has 130 valence electrons. The van der Waals surface area contributed by atoms with E-state index in [1.54, 1.807) is 21.2 Å². The number of nitrogens with one attached hydrogen (secondary N) is 1. The fraction of sp³-hybridized carbons (Fsp3) is 0.467. The number of likely N-dealkylation sites (tertiary alicyclic amines) is 1. The minimum atomic E-state index is -0.372. The number of aromatic nitrogens is 5. The van der Waals surface area contributed by atoms with Crippen LogP contribution in [0, 0.1) is 0 Å². The summed E-state index contributed by atoms with van der Waals surface area (Å²) >= 11 is 1.45. The van der Waals surface area contributed by atoms with Crippen LogP contribution in [0.2, 0.25) is 0 Å². The van der Waals surface area contributed by atoms with Crippen LogP contribution in [0.25, 0.3) is 4.96 Å². The Morgan fingerprint density at radius 1 is 1.36 bits per heavy atom. The second-order valence-electron chi connectivity index (χ2n) is 6.60. The number of rotatable bonds is 2. The smallest absolute Gasteiger partial charge is 0.343 e. The van der Waals surface area contributed by atoms with E-state index in [9.17, 15) is 9.59 Å². The van der Waals surface area contributed by atoms with Crippen molar-refractivity contribution in [2.75, 3.05) is 13.1 Å². The SMILES string of the molecule is O=c1[nH]nc2n1CC1(CCN(Cc3cc(=O)n4ccsc4n3)C1)OC2. The second-order valence-corrected chi connectivity index (χ2v) is 7.48. The molecule has 0 bridgehead atoms. The topological polar surface area (TPSA) is 97.5 Å². The standard InChI is InChI=1S/C15H16N6O3S/c22-12-5-10(16-14-20(12)3-4-25-14)6-19-2-1-15(8-19)9-21-11(7-24-15)17-18-13(21)23/h3-5H,1-2,6-9H2,(H,18,23). The van der Waals surface area contributed by atoms with Crippen molar-refractivity contribution in [2.24, 2.45) is 0 Å². The first-order valence-electron chi connectivity index (χ1n) is 8.08. The van der Waals surface area contributed by atoms with Gasteiger partial charge in [0.1, 0.15) is 12.2 Å². The van der Waals surface area contributed by atoms with Crippen molar-refractivity contribution < 1.29 is 4.74 Å². The lowest BCUT2D eigenvalue weighted by molar-refractivity contribution is -0.0833. The highest BCUT2D eigenvalue weighted by Gasteiger charge is 2.43. The number of aromatic amines is 1. The Bertz CT molecular complexity index is 1070. The van der Waals surface area contributed by atoms with Gasteiger partial charge in [0, 0.05) is 37.3 Å². The lowest BCUT2D eigenvalue weighted by Crippen LogP contribution is -2.46. The summed E-state index contributed by atoms with van der Waals surface area (Å²) < 4.78 is 9.26. The van der Waals surface area contributed by atoms with Crippen molar-refractivity contribution in [1.29, 1.82) is 0 Å². The molecule has 1 atom stereocenters. The number of hydrogen-bond donors (Lipinski definition) is 1. The van der Waals surface area contributed by atoms with Crippen LogP contribution in [0.1, 0.15) is 17.9 Å². The molecule has 0 aliphatic carbocycles. The minimum absolute atomic E-state index is 0.0568. The van der Waals surface area contributed by atoms with E-state index in [4.69, 9.17) is 4.74 Å². The molecule has 3 aromatic rings. The van der Waals surface area contributed by atoms with Gasteiger partial charge in [-0.05, 0) is 6.42 Å². The van der Waals surface area contributed by atoms with E-state index in [-0.39, 0.29) is 16.9 Å². The van der Waals surface area contributed by atoms with E-state index in [2.05, 4.69) is 20.1 Å². The Morgan fingerprint density at radius 2 is 2.28 bits per heavy atom. The van der Waals surface area contributed by atoms with Gasteiger partial charge in [-0.2, -0.15) is 5.10 Å². The first-order chi connectivity index (χ1) is 12.1. The summed E-state index contributed by atoms with van der Waals surface area (Å²) in [7, 11) is 0. The van der Waals surface area contributed by atoms with Crippen LogP contribution in [0.5, 0.6) is 0 Å². The predicted molar refractivity (Wildman–Crippen MR) is 89.6 cm³/mol. The van der Waals surface area contributed by atoms with Gasteiger partial charge in [0.15, 0.2) is 10.8 Å². The van der Waals surface area contributed by atoms with Crippen LogP contribution in [0.15, 0.2) is 27.2 Å². The number of ether oxygens (including phenoxy) is 1. The minimum Gasteiger partial charge on any atom is -0.364 e. The van der Waals surface area contributed by atoms with E-state index in [0.29, 0.717) is 37.0 Å². The number of fused-ring (bicyclic) bond motifs is 2. The maximum Gasteiger partial charge on any atom is 0.343 e. The van der Waals surface area contributed by atoms with Gasteiger partial charge in [-0.1, -0.05) is 0 Å². The highest BCUT2D eigenvalue weighted by atomic mass is 32.1. The van der Waals surface area contributed by atoms with Crippen LogP contribution < -0.4 is 11.2 Å². The highest BCUT2D eigenvalue weighted by molar-refractivity contribution is 7.15. The quantitative estimate of drug-likeness (QED) is 0.681. The van der Waals surface area contributed by atoms with Gasteiger partial charge >= 0.3 is 5.69 Å². The Balaban J connectivity index is 1.36. The van der Waals surface area contributed by atoms with Crippen LogP contribution in [-0.4, -0.2) is 47.7 Å². The largest absolute Gasteiger partial charge is 0.364 e. The van der Waals surface area contributed by atoms with Crippen LogP contribution in [0.3, 0.4) is 0 Å². The summed E-state index contributed by atoms with van der Waals surface area (Å²) in [6, 6.07) is 1.59. The summed E-state index contributed by atoms with van der Waals surface area (Å²) in [5, 5.41) is 8.30. The number of hydrogen-bond acceptors (Lipinski definition) is 7. The molecule has 0 aromatic carbocycles. The fourth-order valence-electron chi connectivity index (χ4n) is 3.68. The first kappa shape index (κ1) is 15.0. The molecule has 0 radical (unpaired) electrons. The maximum atomic E-state index is 12.1. The van der Waals surface area contributed by atoms with Crippen molar-refractivity contribution in [3.05, 3.63) is 50.0 Å². The van der Waals surface area contributed by atoms with Crippen molar-refractivity contribution >= 4 is 16.3 Å². The van der Waals surface area contributed by atoms with Gasteiger partial charge < -0.3 is 4.74 Å². The molecule has 5 rings (SSSR count). The Morgan fingerprint density at radius 3 is 3.20 bits per heavy atom. The molecule has 0 saturated carbocycles. The zero-order valence-electron chi connectivity index (χ0n) is 13.3. The molecule has 10 heteroatoms. The summed E-state index contributed by atoms with van der Waals surface area (Å²) in [6.07, 6.45) is 2.57. The molecule has 1 fully saturated rings. The molecule has 3 aromatic heterocycles. The molecule has 0 amide bonds. The summed E-state index contributed by atoms with van der Waals surface area (Å²) in [4.78, 5) is 31.5. The molecule has 1 saturated heterocycles. The van der Waals surface area contributed by atoms with Crippen molar-refractivity contribution in [3.63, 3.8) is 0 Å². The van der Waals surface area contributed by atoms with Crippen molar-refractivity contribution in [1.82, 2.24) is 29.0 Å².